The van der Waals surface area contributed by atoms with Gasteiger partial charge in [0.1, 0.15) is 0 Å². The summed E-state index contributed by atoms with van der Waals surface area (Å²) in [4.78, 5) is 53.0. The molecule has 0 spiro atoms. The van der Waals surface area contributed by atoms with Gasteiger partial charge in [0, 0.05) is 5.56 Å². The molecule has 3 aromatic rings. The summed E-state index contributed by atoms with van der Waals surface area (Å²) in [5.41, 5.74) is 3.22. The second kappa shape index (κ2) is 8.62. The van der Waals surface area contributed by atoms with Crippen molar-refractivity contribution in [1.29, 1.82) is 0 Å². The van der Waals surface area contributed by atoms with Gasteiger partial charge < -0.3 is 4.74 Å². The van der Waals surface area contributed by atoms with Crippen LogP contribution in [0.4, 0.5) is 5.69 Å². The summed E-state index contributed by atoms with van der Waals surface area (Å²) in [7, 11) is 0. The van der Waals surface area contributed by atoms with E-state index < -0.39 is 5.97 Å². The van der Waals surface area contributed by atoms with Crippen LogP contribution >= 0.6 is 0 Å². The van der Waals surface area contributed by atoms with Crippen LogP contribution in [-0.4, -0.2) is 30.2 Å². The maximum Gasteiger partial charge on any atom is 0.338 e. The lowest BCUT2D eigenvalue weighted by Gasteiger charge is -2.37. The number of anilines is 1. The number of amides is 2. The minimum absolute atomic E-state index is 0.135. The smallest absolute Gasteiger partial charge is 0.338 e. The van der Waals surface area contributed by atoms with Crippen molar-refractivity contribution in [2.45, 2.75) is 6.42 Å². The molecule has 6 atom stereocenters. The zero-order chi connectivity index (χ0) is 26.0. The lowest BCUT2D eigenvalue weighted by molar-refractivity contribution is -0.124. The van der Waals surface area contributed by atoms with Crippen molar-refractivity contribution in [3.05, 3.63) is 102 Å². The van der Waals surface area contributed by atoms with Crippen molar-refractivity contribution >= 4 is 29.3 Å². The van der Waals surface area contributed by atoms with E-state index >= 15 is 0 Å². The Hall–Kier alpha value is -4.32. The Morgan fingerprint density at radius 2 is 1.26 bits per heavy atom. The average molecular weight is 504 g/mol. The first-order valence-electron chi connectivity index (χ1n) is 13.0. The Morgan fingerprint density at radius 3 is 1.87 bits per heavy atom. The summed E-state index contributed by atoms with van der Waals surface area (Å²) < 4.78 is 5.25. The summed E-state index contributed by atoms with van der Waals surface area (Å²) in [5, 5.41) is 0. The van der Waals surface area contributed by atoms with Gasteiger partial charge in [-0.05, 0) is 65.5 Å². The molecule has 3 aromatic carbocycles. The molecule has 6 heteroatoms. The number of rotatable bonds is 6. The van der Waals surface area contributed by atoms with E-state index in [1.807, 2.05) is 42.5 Å². The summed E-state index contributed by atoms with van der Waals surface area (Å²) in [6.45, 7) is -0.379. The Bertz CT molecular complexity index is 1460. The molecule has 1 heterocycles. The van der Waals surface area contributed by atoms with Crippen LogP contribution in [0.1, 0.15) is 27.1 Å². The Kier molecular flexibility index (Phi) is 5.18. The highest BCUT2D eigenvalue weighted by atomic mass is 16.5. The topological polar surface area (TPSA) is 80.8 Å². The van der Waals surface area contributed by atoms with Gasteiger partial charge in [0.2, 0.25) is 11.8 Å². The lowest BCUT2D eigenvalue weighted by atomic mass is 9.63. The molecule has 6 nitrogen and oxygen atoms in total. The highest BCUT2D eigenvalue weighted by molar-refractivity contribution is 6.22. The predicted molar refractivity (Wildman–Crippen MR) is 140 cm³/mol. The van der Waals surface area contributed by atoms with Crippen LogP contribution in [0, 0.1) is 35.5 Å². The van der Waals surface area contributed by atoms with Crippen molar-refractivity contribution in [2.75, 3.05) is 11.5 Å². The molecule has 38 heavy (non-hydrogen) atoms. The van der Waals surface area contributed by atoms with Crippen molar-refractivity contribution < 1.29 is 23.9 Å². The Balaban J connectivity index is 0.994. The molecule has 0 unspecified atom stereocenters. The molecule has 0 N–H and O–H groups in total. The number of ether oxygens (including phenoxy) is 1. The zero-order valence-corrected chi connectivity index (χ0v) is 20.5. The number of hydrogen-bond acceptors (Lipinski definition) is 5. The quantitative estimate of drug-likeness (QED) is 0.206. The monoisotopic (exact) mass is 503 g/mol. The van der Waals surface area contributed by atoms with Gasteiger partial charge >= 0.3 is 5.97 Å². The van der Waals surface area contributed by atoms with Crippen molar-refractivity contribution in [3.63, 3.8) is 0 Å². The van der Waals surface area contributed by atoms with Gasteiger partial charge in [-0.25, -0.2) is 4.79 Å². The summed E-state index contributed by atoms with van der Waals surface area (Å²) in [6, 6.07) is 23.3. The number of imide groups is 1. The first-order chi connectivity index (χ1) is 18.5. The van der Waals surface area contributed by atoms with Crippen molar-refractivity contribution in [2.24, 2.45) is 35.5 Å². The van der Waals surface area contributed by atoms with Gasteiger partial charge in [-0.1, -0.05) is 66.7 Å². The molecule has 2 amide bonds. The van der Waals surface area contributed by atoms with Gasteiger partial charge in [-0.2, -0.15) is 0 Å². The maximum absolute atomic E-state index is 13.3. The largest absolute Gasteiger partial charge is 0.454 e. The third-order valence-electron chi connectivity index (χ3n) is 8.67. The van der Waals surface area contributed by atoms with Gasteiger partial charge in [-0.3, -0.25) is 19.3 Å². The standard InChI is InChI=1S/C32H25NO5/c34-27(20-8-6-19(7-9-20)18-4-2-1-3-5-18)17-38-32(37)21-10-12-22(13-11-21)33-30(35)28-23-14-15-24(26-16-25(23)26)29(28)31(33)36/h1-15,23-26,28-29H,16-17H2/t23-,24-,25-,26-,28+,29+/m1/s1. The van der Waals surface area contributed by atoms with E-state index in [1.165, 1.54) is 17.0 Å². The van der Waals surface area contributed by atoms with E-state index in [1.54, 1.807) is 24.3 Å². The minimum Gasteiger partial charge on any atom is -0.454 e. The molecule has 1 saturated heterocycles. The average Bonchev–Trinajstić information content (AvgIpc) is 3.75. The predicted octanol–water partition coefficient (Wildman–Crippen LogP) is 4.95. The van der Waals surface area contributed by atoms with Crippen LogP contribution in [0.2, 0.25) is 0 Å². The van der Waals surface area contributed by atoms with E-state index in [-0.39, 0.29) is 53.4 Å². The number of nitrogens with zero attached hydrogens (tertiary/aromatic N) is 1. The van der Waals surface area contributed by atoms with Gasteiger partial charge in [0.05, 0.1) is 23.1 Å². The molecule has 2 bridgehead atoms. The first kappa shape index (κ1) is 22.8. The molecule has 1 aliphatic heterocycles. The second-order valence-corrected chi connectivity index (χ2v) is 10.7. The molecular formula is C32H25NO5. The highest BCUT2D eigenvalue weighted by Gasteiger charge is 2.67. The first-order valence-corrected chi connectivity index (χ1v) is 13.0. The molecular weight excluding hydrogens is 478 g/mol. The fourth-order valence-electron chi connectivity index (χ4n) is 6.73. The van der Waals surface area contributed by atoms with E-state index in [0.29, 0.717) is 23.1 Å². The summed E-state index contributed by atoms with van der Waals surface area (Å²) in [5.74, 6) is -0.317. The van der Waals surface area contributed by atoms with Crippen LogP contribution < -0.4 is 4.90 Å². The van der Waals surface area contributed by atoms with E-state index in [0.717, 1.165) is 17.5 Å². The van der Waals surface area contributed by atoms with Gasteiger partial charge in [-0.15, -0.1) is 0 Å². The number of ketones is 1. The van der Waals surface area contributed by atoms with Crippen LogP contribution in [0.5, 0.6) is 0 Å². The lowest BCUT2D eigenvalue weighted by Crippen LogP contribution is -2.40. The Morgan fingerprint density at radius 1 is 0.711 bits per heavy atom. The molecule has 188 valence electrons. The number of carbonyl (C=O) groups excluding carboxylic acids is 4. The molecule has 0 radical (unpaired) electrons. The summed E-state index contributed by atoms with van der Waals surface area (Å²) >= 11 is 0. The van der Waals surface area contributed by atoms with E-state index in [2.05, 4.69) is 12.2 Å². The van der Waals surface area contributed by atoms with E-state index in [9.17, 15) is 19.2 Å². The molecule has 3 fully saturated rings. The molecule has 0 aromatic heterocycles. The number of carbonyl (C=O) groups is 4. The van der Waals surface area contributed by atoms with Crippen LogP contribution in [0.3, 0.4) is 0 Å². The number of Topliss-reactive ketones (excluding diaryl/α,β-unsaturated/α-hetero) is 1. The van der Waals surface area contributed by atoms with Gasteiger partial charge in [0.25, 0.3) is 0 Å². The fourth-order valence-corrected chi connectivity index (χ4v) is 6.73. The molecule has 8 rings (SSSR count). The number of benzene rings is 3. The number of esters is 1. The van der Waals surface area contributed by atoms with Gasteiger partial charge in [0.15, 0.2) is 12.4 Å². The fraction of sp³-hybridized carbons (Fsp3) is 0.250. The number of allylic oxidation sites excluding steroid dienone is 2. The third-order valence-corrected chi connectivity index (χ3v) is 8.67. The maximum atomic E-state index is 13.3. The van der Waals surface area contributed by atoms with Crippen LogP contribution in [0.25, 0.3) is 11.1 Å². The highest BCUT2D eigenvalue weighted by Crippen LogP contribution is 2.65. The van der Waals surface area contributed by atoms with Crippen LogP contribution in [-0.2, 0) is 14.3 Å². The molecule has 4 aliphatic carbocycles. The van der Waals surface area contributed by atoms with Crippen molar-refractivity contribution in [1.82, 2.24) is 0 Å². The zero-order valence-electron chi connectivity index (χ0n) is 20.5. The molecule has 2 saturated carbocycles. The van der Waals surface area contributed by atoms with E-state index in [4.69, 9.17) is 4.74 Å². The molecule has 5 aliphatic rings. The SMILES string of the molecule is O=C(COC(=O)c1ccc(N2C(=O)[C@H]3[C@@H]4C=C[C@H]([C@H]5C[C@H]45)[C@@H]3C2=O)cc1)c1ccc(-c2ccccc2)cc1. The normalized spacial score (nSPS) is 28.2. The third kappa shape index (κ3) is 3.55. The Labute approximate surface area is 219 Å². The summed E-state index contributed by atoms with van der Waals surface area (Å²) in [6.07, 6.45) is 5.41. The second-order valence-electron chi connectivity index (χ2n) is 10.7. The minimum atomic E-state index is -0.638. The van der Waals surface area contributed by atoms with Crippen molar-refractivity contribution in [3.8, 4) is 11.1 Å². The van der Waals surface area contributed by atoms with Crippen LogP contribution in [0.15, 0.2) is 91.0 Å². The number of hydrogen-bond donors (Lipinski definition) is 0.